The van der Waals surface area contributed by atoms with E-state index in [-0.39, 0.29) is 5.91 Å². The van der Waals surface area contributed by atoms with Gasteiger partial charge in [-0.15, -0.1) is 0 Å². The number of aromatic nitrogens is 4. The van der Waals surface area contributed by atoms with Gasteiger partial charge in [-0.05, 0) is 19.2 Å². The zero-order valence-electron chi connectivity index (χ0n) is 17.2. The van der Waals surface area contributed by atoms with E-state index >= 15 is 0 Å². The van der Waals surface area contributed by atoms with Crippen LogP contribution in [0.15, 0.2) is 60.7 Å². The van der Waals surface area contributed by atoms with E-state index in [0.29, 0.717) is 36.2 Å². The van der Waals surface area contributed by atoms with Gasteiger partial charge >= 0.3 is 0 Å². The summed E-state index contributed by atoms with van der Waals surface area (Å²) in [5.74, 6) is 1.84. The Hall–Kier alpha value is -3.78. The highest BCUT2D eigenvalue weighted by atomic mass is 16.2. The molecule has 4 aromatic rings. The number of fused-ring (bicyclic) bond motifs is 1. The van der Waals surface area contributed by atoms with E-state index in [1.54, 1.807) is 6.07 Å². The second-order valence-corrected chi connectivity index (χ2v) is 7.67. The lowest BCUT2D eigenvalue weighted by molar-refractivity contribution is 0.0658. The van der Waals surface area contributed by atoms with Gasteiger partial charge in [-0.1, -0.05) is 42.5 Å². The number of hydrogen-bond acceptors (Lipinski definition) is 6. The number of anilines is 2. The maximum atomic E-state index is 12.8. The fraction of sp³-hybridized carbons (Fsp3) is 0.217. The Balaban J connectivity index is 1.44. The Bertz CT molecular complexity index is 1210. The van der Waals surface area contributed by atoms with Crippen LogP contribution in [0.1, 0.15) is 10.5 Å². The zero-order valence-corrected chi connectivity index (χ0v) is 17.2. The Morgan fingerprint density at radius 3 is 2.52 bits per heavy atom. The first-order chi connectivity index (χ1) is 15.2. The first-order valence-corrected chi connectivity index (χ1v) is 10.3. The van der Waals surface area contributed by atoms with Crippen LogP contribution in [0.5, 0.6) is 0 Å². The van der Waals surface area contributed by atoms with Gasteiger partial charge in [-0.3, -0.25) is 9.89 Å². The van der Waals surface area contributed by atoms with Gasteiger partial charge in [0.05, 0.1) is 5.52 Å². The molecule has 1 fully saturated rings. The minimum absolute atomic E-state index is 0.0603. The van der Waals surface area contributed by atoms with E-state index in [4.69, 9.17) is 9.97 Å². The summed E-state index contributed by atoms with van der Waals surface area (Å²) in [5, 5.41) is 11.3. The number of likely N-dealkylation sites (N-methyl/N-ethyl adjacent to an activating group) is 1. The molecule has 0 atom stereocenters. The maximum Gasteiger partial charge on any atom is 0.274 e. The Morgan fingerprint density at radius 1 is 0.968 bits per heavy atom. The number of carbonyl (C=O) groups is 1. The van der Waals surface area contributed by atoms with Gasteiger partial charge in [0.1, 0.15) is 11.6 Å². The number of carbonyl (C=O) groups excluding carboxylic acids is 1. The molecule has 1 aliphatic heterocycles. The third-order valence-electron chi connectivity index (χ3n) is 5.48. The Labute approximate surface area is 179 Å². The molecule has 8 nitrogen and oxygen atoms in total. The maximum absolute atomic E-state index is 12.8. The van der Waals surface area contributed by atoms with Crippen LogP contribution in [0.25, 0.3) is 22.3 Å². The smallest absolute Gasteiger partial charge is 0.274 e. The molecule has 0 unspecified atom stereocenters. The van der Waals surface area contributed by atoms with E-state index in [2.05, 4.69) is 27.5 Å². The van der Waals surface area contributed by atoms with Crippen LogP contribution in [0.2, 0.25) is 0 Å². The molecular formula is C23H23N7O. The average molecular weight is 413 g/mol. The zero-order chi connectivity index (χ0) is 21.2. The van der Waals surface area contributed by atoms with Crippen molar-refractivity contribution < 1.29 is 4.79 Å². The number of piperazine rings is 1. The van der Waals surface area contributed by atoms with Gasteiger partial charge in [0.15, 0.2) is 11.5 Å². The number of nitrogens with one attached hydrogen (secondary N) is 2. The molecule has 0 aliphatic carbocycles. The number of rotatable bonds is 4. The third-order valence-corrected chi connectivity index (χ3v) is 5.48. The quantitative estimate of drug-likeness (QED) is 0.534. The summed E-state index contributed by atoms with van der Waals surface area (Å²) in [4.78, 5) is 26.3. The number of amides is 1. The summed E-state index contributed by atoms with van der Waals surface area (Å²) in [6.45, 7) is 3.16. The molecule has 3 heterocycles. The van der Waals surface area contributed by atoms with E-state index in [0.717, 1.165) is 29.6 Å². The Morgan fingerprint density at radius 2 is 1.71 bits per heavy atom. The molecule has 8 heteroatoms. The van der Waals surface area contributed by atoms with Crippen molar-refractivity contribution in [2.45, 2.75) is 0 Å². The second kappa shape index (κ2) is 8.16. The highest BCUT2D eigenvalue weighted by Gasteiger charge is 2.22. The normalized spacial score (nSPS) is 14.7. The van der Waals surface area contributed by atoms with E-state index in [1.807, 2.05) is 59.5 Å². The summed E-state index contributed by atoms with van der Waals surface area (Å²) in [5.41, 5.74) is 2.17. The summed E-state index contributed by atoms with van der Waals surface area (Å²) >= 11 is 0. The number of H-pyrrole nitrogens is 1. The van der Waals surface area contributed by atoms with Crippen molar-refractivity contribution in [1.82, 2.24) is 30.0 Å². The molecule has 0 spiro atoms. The van der Waals surface area contributed by atoms with Crippen molar-refractivity contribution in [2.24, 2.45) is 0 Å². The fourth-order valence-corrected chi connectivity index (χ4v) is 3.68. The van der Waals surface area contributed by atoms with Gasteiger partial charge in [-0.25, -0.2) is 9.97 Å². The summed E-state index contributed by atoms with van der Waals surface area (Å²) in [7, 11) is 2.06. The first-order valence-electron chi connectivity index (χ1n) is 10.3. The molecule has 5 rings (SSSR count). The van der Waals surface area contributed by atoms with Gasteiger partial charge in [0.2, 0.25) is 0 Å². The molecule has 0 bridgehead atoms. The molecule has 0 radical (unpaired) electrons. The lowest BCUT2D eigenvalue weighted by atomic mass is 10.2. The minimum Gasteiger partial charge on any atom is -0.335 e. The van der Waals surface area contributed by atoms with Gasteiger partial charge in [-0.2, -0.15) is 5.10 Å². The van der Waals surface area contributed by atoms with E-state index < -0.39 is 0 Å². The first kappa shape index (κ1) is 19.2. The Kier molecular flexibility index (Phi) is 5.05. The molecule has 156 valence electrons. The largest absolute Gasteiger partial charge is 0.335 e. The van der Waals surface area contributed by atoms with Crippen LogP contribution < -0.4 is 5.32 Å². The third kappa shape index (κ3) is 3.97. The lowest BCUT2D eigenvalue weighted by Gasteiger charge is -2.31. The van der Waals surface area contributed by atoms with Crippen LogP contribution in [0.4, 0.5) is 11.6 Å². The highest BCUT2D eigenvalue weighted by molar-refractivity contribution is 5.95. The molecule has 2 N–H and O–H groups in total. The molecule has 2 aromatic carbocycles. The molecule has 31 heavy (non-hydrogen) atoms. The van der Waals surface area contributed by atoms with Crippen LogP contribution in [-0.2, 0) is 0 Å². The van der Waals surface area contributed by atoms with E-state index in [1.165, 1.54) is 0 Å². The summed E-state index contributed by atoms with van der Waals surface area (Å²) in [6.07, 6.45) is 0. The summed E-state index contributed by atoms with van der Waals surface area (Å²) in [6, 6.07) is 19.4. The van der Waals surface area contributed by atoms with Gasteiger partial charge in [0.25, 0.3) is 5.91 Å². The van der Waals surface area contributed by atoms with Crippen molar-refractivity contribution in [3.63, 3.8) is 0 Å². The van der Waals surface area contributed by atoms with Crippen LogP contribution in [-0.4, -0.2) is 69.1 Å². The average Bonchev–Trinajstić information content (AvgIpc) is 3.28. The van der Waals surface area contributed by atoms with Crippen LogP contribution >= 0.6 is 0 Å². The van der Waals surface area contributed by atoms with Crippen molar-refractivity contribution in [3.8, 4) is 11.4 Å². The minimum atomic E-state index is -0.0603. The topological polar surface area (TPSA) is 90.0 Å². The number of nitrogens with zero attached hydrogens (tertiary/aromatic N) is 5. The van der Waals surface area contributed by atoms with Crippen molar-refractivity contribution in [2.75, 3.05) is 38.5 Å². The molecular weight excluding hydrogens is 390 g/mol. The number of para-hydroxylation sites is 1. The molecule has 2 aromatic heterocycles. The number of benzene rings is 2. The van der Waals surface area contributed by atoms with Crippen molar-refractivity contribution in [3.05, 3.63) is 66.4 Å². The number of aromatic amines is 1. The molecule has 0 saturated carbocycles. The van der Waals surface area contributed by atoms with Gasteiger partial charge < -0.3 is 15.1 Å². The highest BCUT2D eigenvalue weighted by Crippen LogP contribution is 2.27. The standard InChI is InChI=1S/C23H23N7O/c1-29-11-13-30(14-12-29)23(31)19-15-20(28-27-19)25-22-17-9-5-6-10-18(17)24-21(26-22)16-7-3-2-4-8-16/h2-10,15H,11-14H2,1H3,(H2,24,25,26,27,28). The number of hydrogen-bond donors (Lipinski definition) is 2. The fourth-order valence-electron chi connectivity index (χ4n) is 3.68. The van der Waals surface area contributed by atoms with Crippen LogP contribution in [0, 0.1) is 0 Å². The van der Waals surface area contributed by atoms with Crippen molar-refractivity contribution in [1.29, 1.82) is 0 Å². The molecule has 1 saturated heterocycles. The van der Waals surface area contributed by atoms with E-state index in [9.17, 15) is 4.79 Å². The molecule has 1 aliphatic rings. The SMILES string of the molecule is CN1CCN(C(=O)c2cc(Nc3nc(-c4ccccc4)nc4ccccc34)[nH]n2)CC1. The van der Waals surface area contributed by atoms with Crippen LogP contribution in [0.3, 0.4) is 0 Å². The lowest BCUT2D eigenvalue weighted by Crippen LogP contribution is -2.47. The van der Waals surface area contributed by atoms with Gasteiger partial charge in [0, 0.05) is 43.2 Å². The predicted molar refractivity (Wildman–Crippen MR) is 120 cm³/mol. The monoisotopic (exact) mass is 413 g/mol. The second-order valence-electron chi connectivity index (χ2n) is 7.67. The summed E-state index contributed by atoms with van der Waals surface area (Å²) < 4.78 is 0. The molecule has 1 amide bonds. The van der Waals surface area contributed by atoms with Crippen molar-refractivity contribution >= 4 is 28.4 Å². The predicted octanol–water partition coefficient (Wildman–Crippen LogP) is 3.15.